The lowest BCUT2D eigenvalue weighted by molar-refractivity contribution is 0.164. The summed E-state index contributed by atoms with van der Waals surface area (Å²) in [6.45, 7) is 3.44. The monoisotopic (exact) mass is 206 g/mol. The fraction of sp³-hybridized carbons (Fsp3) is 0.500. The number of nitrogens with zero attached hydrogens (tertiary/aromatic N) is 3. The highest BCUT2D eigenvalue weighted by atomic mass is 16.5. The molecular weight excluding hydrogens is 192 g/mol. The van der Waals surface area contributed by atoms with Crippen LogP contribution in [0.15, 0.2) is 12.4 Å². The van der Waals surface area contributed by atoms with Crippen molar-refractivity contribution in [1.29, 1.82) is 5.26 Å². The van der Waals surface area contributed by atoms with Crippen LogP contribution in [-0.4, -0.2) is 30.2 Å². The number of nitriles is 1. The number of nitrogens with one attached hydrogen (secondary N) is 1. The number of aromatic nitrogens is 2. The van der Waals surface area contributed by atoms with Crippen LogP contribution in [0.25, 0.3) is 0 Å². The van der Waals surface area contributed by atoms with E-state index in [1.807, 2.05) is 6.07 Å². The summed E-state index contributed by atoms with van der Waals surface area (Å²) >= 11 is 0. The van der Waals surface area contributed by atoms with Crippen LogP contribution in [-0.2, 0) is 4.74 Å². The van der Waals surface area contributed by atoms with E-state index in [2.05, 4.69) is 22.2 Å². The van der Waals surface area contributed by atoms with E-state index in [0.29, 0.717) is 30.6 Å². The SMILES string of the molecule is COCC(C)CNc1nccnc1C#N. The number of hydrogen-bond donors (Lipinski definition) is 1. The van der Waals surface area contributed by atoms with E-state index < -0.39 is 0 Å². The number of anilines is 1. The van der Waals surface area contributed by atoms with Gasteiger partial charge in [-0.1, -0.05) is 6.92 Å². The maximum Gasteiger partial charge on any atom is 0.182 e. The van der Waals surface area contributed by atoms with Crippen molar-refractivity contribution in [3.05, 3.63) is 18.1 Å². The van der Waals surface area contributed by atoms with Crippen molar-refractivity contribution >= 4 is 5.82 Å². The molecule has 0 aliphatic rings. The Balaban J connectivity index is 2.54. The molecule has 5 nitrogen and oxygen atoms in total. The Bertz CT molecular complexity index is 348. The lowest BCUT2D eigenvalue weighted by Gasteiger charge is -2.11. The second-order valence-corrected chi connectivity index (χ2v) is 3.31. The van der Waals surface area contributed by atoms with Gasteiger partial charge in [0.25, 0.3) is 0 Å². The lowest BCUT2D eigenvalue weighted by atomic mass is 10.2. The Morgan fingerprint density at radius 2 is 2.27 bits per heavy atom. The summed E-state index contributed by atoms with van der Waals surface area (Å²) in [6, 6.07) is 1.98. The lowest BCUT2D eigenvalue weighted by Crippen LogP contribution is -2.17. The van der Waals surface area contributed by atoms with Gasteiger partial charge in [0.15, 0.2) is 11.5 Å². The highest BCUT2D eigenvalue weighted by Gasteiger charge is 2.05. The number of rotatable bonds is 5. The molecule has 1 heterocycles. The van der Waals surface area contributed by atoms with E-state index in [9.17, 15) is 0 Å². The second kappa shape index (κ2) is 5.94. The summed E-state index contributed by atoms with van der Waals surface area (Å²) in [4.78, 5) is 7.95. The van der Waals surface area contributed by atoms with Gasteiger partial charge in [-0.25, -0.2) is 9.97 Å². The third-order valence-electron chi connectivity index (χ3n) is 1.87. The van der Waals surface area contributed by atoms with Crippen molar-refractivity contribution < 1.29 is 4.74 Å². The maximum atomic E-state index is 8.77. The molecule has 0 spiro atoms. The first kappa shape index (κ1) is 11.4. The Morgan fingerprint density at radius 1 is 1.53 bits per heavy atom. The highest BCUT2D eigenvalue weighted by molar-refractivity contribution is 5.46. The Labute approximate surface area is 89.1 Å². The zero-order valence-electron chi connectivity index (χ0n) is 8.90. The summed E-state index contributed by atoms with van der Waals surface area (Å²) in [6.07, 6.45) is 3.06. The summed E-state index contributed by atoms with van der Waals surface area (Å²) in [5.74, 6) is 0.895. The van der Waals surface area contributed by atoms with Crippen molar-refractivity contribution in [2.75, 3.05) is 25.6 Å². The largest absolute Gasteiger partial charge is 0.384 e. The molecule has 1 aromatic rings. The summed E-state index contributed by atoms with van der Waals surface area (Å²) in [5.41, 5.74) is 0.321. The van der Waals surface area contributed by atoms with E-state index in [-0.39, 0.29) is 0 Å². The topological polar surface area (TPSA) is 70.8 Å². The van der Waals surface area contributed by atoms with Crippen molar-refractivity contribution in [2.24, 2.45) is 5.92 Å². The molecular formula is C10H14N4O. The Kier molecular flexibility index (Phi) is 4.51. The van der Waals surface area contributed by atoms with Crippen LogP contribution in [0, 0.1) is 17.2 Å². The van der Waals surface area contributed by atoms with Crippen LogP contribution < -0.4 is 5.32 Å². The van der Waals surface area contributed by atoms with Gasteiger partial charge in [0.05, 0.1) is 6.61 Å². The zero-order valence-corrected chi connectivity index (χ0v) is 8.90. The molecule has 0 saturated heterocycles. The molecule has 1 rings (SSSR count). The predicted molar refractivity (Wildman–Crippen MR) is 56.3 cm³/mol. The Morgan fingerprint density at radius 3 is 2.93 bits per heavy atom. The molecule has 0 amide bonds. The van der Waals surface area contributed by atoms with Crippen LogP contribution in [0.3, 0.4) is 0 Å². The molecule has 0 fully saturated rings. The average molecular weight is 206 g/mol. The summed E-state index contributed by atoms with van der Waals surface area (Å²) in [5, 5.41) is 11.8. The number of ether oxygens (including phenoxy) is 1. The number of hydrogen-bond acceptors (Lipinski definition) is 5. The van der Waals surface area contributed by atoms with Crippen molar-refractivity contribution in [1.82, 2.24) is 9.97 Å². The quantitative estimate of drug-likeness (QED) is 0.779. The van der Waals surface area contributed by atoms with Crippen LogP contribution in [0.4, 0.5) is 5.82 Å². The molecule has 1 aromatic heterocycles. The molecule has 1 unspecified atom stereocenters. The summed E-state index contributed by atoms with van der Waals surface area (Å²) < 4.78 is 5.01. The molecule has 0 radical (unpaired) electrons. The van der Waals surface area contributed by atoms with Gasteiger partial charge >= 0.3 is 0 Å². The fourth-order valence-corrected chi connectivity index (χ4v) is 1.16. The van der Waals surface area contributed by atoms with Crippen molar-refractivity contribution in [2.45, 2.75) is 6.92 Å². The van der Waals surface area contributed by atoms with E-state index in [4.69, 9.17) is 10.00 Å². The van der Waals surface area contributed by atoms with Crippen LogP contribution in [0.2, 0.25) is 0 Å². The Hall–Kier alpha value is -1.67. The van der Waals surface area contributed by atoms with Gasteiger partial charge in [-0.15, -0.1) is 0 Å². The van der Waals surface area contributed by atoms with E-state index in [1.165, 1.54) is 6.20 Å². The van der Waals surface area contributed by atoms with Gasteiger partial charge in [0, 0.05) is 26.0 Å². The van der Waals surface area contributed by atoms with Gasteiger partial charge in [-0.3, -0.25) is 0 Å². The zero-order chi connectivity index (χ0) is 11.1. The van der Waals surface area contributed by atoms with E-state index >= 15 is 0 Å². The molecule has 5 heteroatoms. The minimum Gasteiger partial charge on any atom is -0.384 e. The molecule has 0 saturated carbocycles. The van der Waals surface area contributed by atoms with Crippen LogP contribution >= 0.6 is 0 Å². The maximum absolute atomic E-state index is 8.77. The first-order valence-electron chi connectivity index (χ1n) is 4.71. The van der Waals surface area contributed by atoms with Crippen LogP contribution in [0.1, 0.15) is 12.6 Å². The van der Waals surface area contributed by atoms with Crippen molar-refractivity contribution in [3.8, 4) is 6.07 Å². The second-order valence-electron chi connectivity index (χ2n) is 3.31. The molecule has 0 aromatic carbocycles. The molecule has 0 bridgehead atoms. The average Bonchev–Trinajstić information content (AvgIpc) is 2.27. The van der Waals surface area contributed by atoms with E-state index in [1.54, 1.807) is 13.3 Å². The first-order chi connectivity index (χ1) is 7.27. The molecule has 80 valence electrons. The smallest absolute Gasteiger partial charge is 0.182 e. The predicted octanol–water partition coefficient (Wildman–Crippen LogP) is 1.04. The van der Waals surface area contributed by atoms with Gasteiger partial charge in [0.2, 0.25) is 0 Å². The minimum absolute atomic E-state index is 0.321. The van der Waals surface area contributed by atoms with Gasteiger partial charge in [-0.05, 0) is 5.92 Å². The fourth-order valence-electron chi connectivity index (χ4n) is 1.16. The molecule has 15 heavy (non-hydrogen) atoms. The standard InChI is InChI=1S/C10H14N4O/c1-8(7-15-2)6-14-10-9(5-11)12-3-4-13-10/h3-4,8H,6-7H2,1-2H3,(H,13,14). The van der Waals surface area contributed by atoms with Gasteiger partial charge in [0.1, 0.15) is 6.07 Å². The van der Waals surface area contributed by atoms with Crippen LogP contribution in [0.5, 0.6) is 0 Å². The summed E-state index contributed by atoms with van der Waals surface area (Å²) in [7, 11) is 1.67. The third kappa shape index (κ3) is 3.52. The molecule has 1 atom stereocenters. The van der Waals surface area contributed by atoms with E-state index in [0.717, 1.165) is 0 Å². The molecule has 1 N–H and O–H groups in total. The minimum atomic E-state index is 0.321. The number of methoxy groups -OCH3 is 1. The highest BCUT2D eigenvalue weighted by Crippen LogP contribution is 2.07. The van der Waals surface area contributed by atoms with Gasteiger partial charge in [-0.2, -0.15) is 5.26 Å². The molecule has 0 aliphatic carbocycles. The van der Waals surface area contributed by atoms with Gasteiger partial charge < -0.3 is 10.1 Å². The third-order valence-corrected chi connectivity index (χ3v) is 1.87. The van der Waals surface area contributed by atoms with Crippen molar-refractivity contribution in [3.63, 3.8) is 0 Å². The molecule has 0 aliphatic heterocycles. The first-order valence-corrected chi connectivity index (χ1v) is 4.71. The normalized spacial score (nSPS) is 11.8.